The molecule has 0 bridgehead atoms. The maximum atomic E-state index is 12.3. The summed E-state index contributed by atoms with van der Waals surface area (Å²) in [5.74, 6) is -4.90. The van der Waals surface area contributed by atoms with Gasteiger partial charge in [0.05, 0.1) is 7.11 Å². The van der Waals surface area contributed by atoms with Gasteiger partial charge in [-0.3, -0.25) is 4.79 Å². The number of alkyl halides is 4. The number of ether oxygens (including phenoxy) is 2. The van der Waals surface area contributed by atoms with E-state index in [1.807, 2.05) is 0 Å². The average Bonchev–Trinajstić information content (AvgIpc) is 2.22. The largest absolute Gasteiger partial charge is 0.468 e. The summed E-state index contributed by atoms with van der Waals surface area (Å²) in [7, 11) is 1.12. The summed E-state index contributed by atoms with van der Waals surface area (Å²) in [5.41, 5.74) is 5.25. The van der Waals surface area contributed by atoms with Crippen molar-refractivity contribution in [2.45, 2.75) is 24.8 Å². The van der Waals surface area contributed by atoms with E-state index in [4.69, 9.17) is 5.73 Å². The molecule has 0 aliphatic carbocycles. The van der Waals surface area contributed by atoms with E-state index >= 15 is 0 Å². The fraction of sp³-hybridized carbons (Fsp3) is 0.875. The molecule has 0 aliphatic heterocycles. The Morgan fingerprint density at radius 2 is 2.00 bits per heavy atom. The standard InChI is InChI=1S/C8H13F4NO3/c1-15-6(14)5(13)2-3-16-4-8(11,12)7(9)10/h5,7H,2-4,13H2,1H3. The van der Waals surface area contributed by atoms with Crippen LogP contribution in [0.15, 0.2) is 0 Å². The van der Waals surface area contributed by atoms with Crippen molar-refractivity contribution >= 4 is 5.97 Å². The molecule has 1 unspecified atom stereocenters. The van der Waals surface area contributed by atoms with Crippen molar-refractivity contribution in [3.8, 4) is 0 Å². The summed E-state index contributed by atoms with van der Waals surface area (Å²) in [6, 6.07) is -1.01. The molecule has 0 radical (unpaired) electrons. The van der Waals surface area contributed by atoms with Crippen LogP contribution >= 0.6 is 0 Å². The molecule has 0 aromatic heterocycles. The Morgan fingerprint density at radius 1 is 1.44 bits per heavy atom. The second-order valence-electron chi connectivity index (χ2n) is 3.03. The Balaban J connectivity index is 3.72. The van der Waals surface area contributed by atoms with Crippen LogP contribution in [-0.4, -0.2) is 44.7 Å². The molecule has 0 aliphatic rings. The highest BCUT2D eigenvalue weighted by atomic mass is 19.3. The van der Waals surface area contributed by atoms with Crippen LogP contribution < -0.4 is 5.73 Å². The molecule has 96 valence electrons. The van der Waals surface area contributed by atoms with Gasteiger partial charge in [0.1, 0.15) is 12.6 Å². The molecule has 0 rings (SSSR count). The number of rotatable bonds is 7. The van der Waals surface area contributed by atoms with E-state index in [2.05, 4.69) is 9.47 Å². The van der Waals surface area contributed by atoms with E-state index in [1.54, 1.807) is 0 Å². The minimum Gasteiger partial charge on any atom is -0.468 e. The third-order valence-corrected chi connectivity index (χ3v) is 1.69. The lowest BCUT2D eigenvalue weighted by atomic mass is 10.2. The number of methoxy groups -OCH3 is 1. The van der Waals surface area contributed by atoms with Crippen molar-refractivity contribution < 1.29 is 31.8 Å². The number of carbonyl (C=O) groups excluding carboxylic acids is 1. The molecular weight excluding hydrogens is 234 g/mol. The van der Waals surface area contributed by atoms with Gasteiger partial charge in [-0.05, 0) is 6.42 Å². The van der Waals surface area contributed by atoms with Crippen molar-refractivity contribution in [1.29, 1.82) is 0 Å². The first kappa shape index (κ1) is 15.1. The lowest BCUT2D eigenvalue weighted by Crippen LogP contribution is -2.35. The van der Waals surface area contributed by atoms with Gasteiger partial charge < -0.3 is 15.2 Å². The molecule has 8 heteroatoms. The van der Waals surface area contributed by atoms with Crippen molar-refractivity contribution in [2.24, 2.45) is 5.73 Å². The van der Waals surface area contributed by atoms with Gasteiger partial charge in [-0.1, -0.05) is 0 Å². The highest BCUT2D eigenvalue weighted by molar-refractivity contribution is 5.75. The molecule has 0 amide bonds. The zero-order valence-corrected chi connectivity index (χ0v) is 8.59. The molecular formula is C8H13F4NO3. The van der Waals surface area contributed by atoms with E-state index in [1.165, 1.54) is 0 Å². The normalized spacial score (nSPS) is 13.9. The Hall–Kier alpha value is -0.890. The Kier molecular flexibility index (Phi) is 6.27. The lowest BCUT2D eigenvalue weighted by Gasteiger charge is -2.15. The molecule has 0 aromatic carbocycles. The van der Waals surface area contributed by atoms with Crippen molar-refractivity contribution in [2.75, 3.05) is 20.3 Å². The zero-order chi connectivity index (χ0) is 12.8. The quantitative estimate of drug-likeness (QED) is 0.410. The van der Waals surface area contributed by atoms with Gasteiger partial charge in [0.25, 0.3) is 0 Å². The molecule has 4 nitrogen and oxygen atoms in total. The van der Waals surface area contributed by atoms with Crippen LogP contribution in [0.5, 0.6) is 0 Å². The Morgan fingerprint density at radius 3 is 2.44 bits per heavy atom. The van der Waals surface area contributed by atoms with E-state index in [0.717, 1.165) is 7.11 Å². The Bertz CT molecular complexity index is 225. The number of hydrogen-bond donors (Lipinski definition) is 1. The van der Waals surface area contributed by atoms with Gasteiger partial charge in [-0.25, -0.2) is 8.78 Å². The summed E-state index contributed by atoms with van der Waals surface area (Å²) in [4.78, 5) is 10.7. The number of hydrogen-bond acceptors (Lipinski definition) is 4. The topological polar surface area (TPSA) is 61.5 Å². The van der Waals surface area contributed by atoms with Crippen molar-refractivity contribution in [1.82, 2.24) is 0 Å². The molecule has 0 heterocycles. The third-order valence-electron chi connectivity index (χ3n) is 1.69. The summed E-state index contributed by atoms with van der Waals surface area (Å²) >= 11 is 0. The predicted octanol–water partition coefficient (Wildman–Crippen LogP) is 0.794. The second-order valence-corrected chi connectivity index (χ2v) is 3.03. The minimum absolute atomic E-state index is 0.0774. The number of halogens is 4. The van der Waals surface area contributed by atoms with E-state index in [9.17, 15) is 22.4 Å². The zero-order valence-electron chi connectivity index (χ0n) is 8.59. The van der Waals surface area contributed by atoms with Crippen LogP contribution in [0.4, 0.5) is 17.6 Å². The van der Waals surface area contributed by atoms with Crippen LogP contribution in [0.2, 0.25) is 0 Å². The van der Waals surface area contributed by atoms with Gasteiger partial charge >= 0.3 is 18.3 Å². The molecule has 0 spiro atoms. The summed E-state index contributed by atoms with van der Waals surface area (Å²) < 4.78 is 56.5. The summed E-state index contributed by atoms with van der Waals surface area (Å²) in [6.45, 7) is -1.73. The van der Waals surface area contributed by atoms with Crippen LogP contribution in [0, 0.1) is 0 Å². The summed E-state index contributed by atoms with van der Waals surface area (Å²) in [6.07, 6.45) is -3.85. The van der Waals surface area contributed by atoms with Gasteiger partial charge in [0, 0.05) is 6.61 Å². The second kappa shape index (κ2) is 6.64. The highest BCUT2D eigenvalue weighted by Crippen LogP contribution is 2.22. The van der Waals surface area contributed by atoms with Crippen molar-refractivity contribution in [3.63, 3.8) is 0 Å². The SMILES string of the molecule is COC(=O)C(N)CCOCC(F)(F)C(F)F. The third kappa shape index (κ3) is 5.26. The van der Waals surface area contributed by atoms with Crippen molar-refractivity contribution in [3.05, 3.63) is 0 Å². The monoisotopic (exact) mass is 247 g/mol. The average molecular weight is 247 g/mol. The number of nitrogens with two attached hydrogens (primary N) is 1. The number of esters is 1. The van der Waals surface area contributed by atoms with Gasteiger partial charge in [-0.2, -0.15) is 8.78 Å². The smallest absolute Gasteiger partial charge is 0.330 e. The minimum atomic E-state index is -4.19. The molecule has 0 saturated heterocycles. The fourth-order valence-electron chi connectivity index (χ4n) is 0.751. The molecule has 0 aromatic rings. The van der Waals surface area contributed by atoms with Crippen LogP contribution in [0.3, 0.4) is 0 Å². The van der Waals surface area contributed by atoms with Gasteiger partial charge in [-0.15, -0.1) is 0 Å². The maximum absolute atomic E-state index is 12.3. The molecule has 0 saturated carbocycles. The van der Waals surface area contributed by atoms with Gasteiger partial charge in [0.15, 0.2) is 0 Å². The maximum Gasteiger partial charge on any atom is 0.330 e. The molecule has 1 atom stereocenters. The molecule has 2 N–H and O–H groups in total. The Labute approximate surface area is 89.7 Å². The van der Waals surface area contributed by atoms with Crippen LogP contribution in [0.1, 0.15) is 6.42 Å². The summed E-state index contributed by atoms with van der Waals surface area (Å²) in [5, 5.41) is 0. The number of carbonyl (C=O) groups is 1. The van der Waals surface area contributed by atoms with E-state index in [0.29, 0.717) is 0 Å². The van der Waals surface area contributed by atoms with Crippen LogP contribution in [0.25, 0.3) is 0 Å². The molecule has 16 heavy (non-hydrogen) atoms. The molecule has 0 fully saturated rings. The van der Waals surface area contributed by atoms with Crippen LogP contribution in [-0.2, 0) is 14.3 Å². The lowest BCUT2D eigenvalue weighted by molar-refractivity contribution is -0.166. The first-order valence-electron chi connectivity index (χ1n) is 4.38. The van der Waals surface area contributed by atoms with E-state index < -0.39 is 31.0 Å². The predicted molar refractivity (Wildman–Crippen MR) is 46.4 cm³/mol. The fourth-order valence-corrected chi connectivity index (χ4v) is 0.751. The highest BCUT2D eigenvalue weighted by Gasteiger charge is 2.40. The first-order chi connectivity index (χ1) is 7.31. The van der Waals surface area contributed by atoms with E-state index in [-0.39, 0.29) is 13.0 Å². The van der Waals surface area contributed by atoms with Gasteiger partial charge in [0.2, 0.25) is 0 Å². The first-order valence-corrected chi connectivity index (χ1v) is 4.38.